The molecule has 0 spiro atoms. The zero-order chi connectivity index (χ0) is 23.0. The van der Waals surface area contributed by atoms with Crippen LogP contribution in [0.5, 0.6) is 0 Å². The number of fused-ring (bicyclic) bond motifs is 1. The molecule has 2 aliphatic heterocycles. The summed E-state index contributed by atoms with van der Waals surface area (Å²) in [6, 6.07) is 11.4. The van der Waals surface area contributed by atoms with E-state index in [4.69, 9.17) is 0 Å². The fourth-order valence-corrected chi connectivity index (χ4v) is 4.33. The minimum Gasteiger partial charge on any atom is -0.339 e. The van der Waals surface area contributed by atoms with Gasteiger partial charge in [0.15, 0.2) is 0 Å². The predicted molar refractivity (Wildman–Crippen MR) is 119 cm³/mol. The van der Waals surface area contributed by atoms with E-state index in [1.165, 1.54) is 0 Å². The van der Waals surface area contributed by atoms with Crippen molar-refractivity contribution < 1.29 is 19.2 Å². The SMILES string of the molecule is Cc1ccc(C(=O)N2CCCN(C(=O)C(C)N3C(=O)c4ccccc4C3=O)CC2)cc1C. The molecular weight excluding hydrogens is 406 g/mol. The van der Waals surface area contributed by atoms with E-state index in [0.717, 1.165) is 16.0 Å². The first-order valence-corrected chi connectivity index (χ1v) is 10.9. The smallest absolute Gasteiger partial charge is 0.262 e. The van der Waals surface area contributed by atoms with Gasteiger partial charge in [0.25, 0.3) is 17.7 Å². The van der Waals surface area contributed by atoms with Gasteiger partial charge in [0.2, 0.25) is 5.91 Å². The number of aryl methyl sites for hydroxylation is 2. The molecule has 0 aromatic heterocycles. The summed E-state index contributed by atoms with van der Waals surface area (Å²) in [4.78, 5) is 56.1. The molecule has 2 aromatic carbocycles. The Hall–Kier alpha value is -3.48. The maximum absolute atomic E-state index is 13.2. The number of carbonyl (C=O) groups is 4. The van der Waals surface area contributed by atoms with Crippen LogP contribution in [0.25, 0.3) is 0 Å². The molecular formula is C25H27N3O4. The molecule has 7 nitrogen and oxygen atoms in total. The average Bonchev–Trinajstić information content (AvgIpc) is 2.94. The highest BCUT2D eigenvalue weighted by Gasteiger charge is 2.41. The second-order valence-corrected chi connectivity index (χ2v) is 8.47. The Morgan fingerprint density at radius 3 is 2.03 bits per heavy atom. The van der Waals surface area contributed by atoms with Gasteiger partial charge in [-0.15, -0.1) is 0 Å². The molecule has 1 unspecified atom stereocenters. The maximum atomic E-state index is 13.2. The highest BCUT2D eigenvalue weighted by atomic mass is 16.2. The summed E-state index contributed by atoms with van der Waals surface area (Å²) in [5.74, 6) is -1.20. The predicted octanol–water partition coefficient (Wildman–Crippen LogP) is 2.66. The molecule has 0 aliphatic carbocycles. The lowest BCUT2D eigenvalue weighted by molar-refractivity contribution is -0.134. The maximum Gasteiger partial charge on any atom is 0.262 e. The van der Waals surface area contributed by atoms with Crippen molar-refractivity contribution >= 4 is 23.6 Å². The van der Waals surface area contributed by atoms with Crippen LogP contribution in [-0.2, 0) is 4.79 Å². The lowest BCUT2D eigenvalue weighted by Gasteiger charge is -2.28. The molecule has 7 heteroatoms. The number of carbonyl (C=O) groups excluding carboxylic acids is 4. The van der Waals surface area contributed by atoms with Crippen LogP contribution in [0.3, 0.4) is 0 Å². The van der Waals surface area contributed by atoms with Gasteiger partial charge in [-0.1, -0.05) is 18.2 Å². The van der Waals surface area contributed by atoms with Crippen LogP contribution in [0.15, 0.2) is 42.5 Å². The van der Waals surface area contributed by atoms with Crippen LogP contribution in [0, 0.1) is 13.8 Å². The van der Waals surface area contributed by atoms with Gasteiger partial charge in [0, 0.05) is 31.7 Å². The molecule has 2 heterocycles. The van der Waals surface area contributed by atoms with Crippen molar-refractivity contribution in [2.75, 3.05) is 26.2 Å². The van der Waals surface area contributed by atoms with Gasteiger partial charge >= 0.3 is 0 Å². The molecule has 1 atom stereocenters. The third kappa shape index (κ3) is 3.79. The highest BCUT2D eigenvalue weighted by molar-refractivity contribution is 6.22. The molecule has 2 aromatic rings. The third-order valence-corrected chi connectivity index (χ3v) is 6.42. The largest absolute Gasteiger partial charge is 0.339 e. The van der Waals surface area contributed by atoms with E-state index in [-0.39, 0.29) is 11.8 Å². The molecule has 4 rings (SSSR count). The minimum atomic E-state index is -0.899. The van der Waals surface area contributed by atoms with Crippen molar-refractivity contribution in [3.63, 3.8) is 0 Å². The molecule has 166 valence electrons. The van der Waals surface area contributed by atoms with Crippen molar-refractivity contribution in [2.24, 2.45) is 0 Å². The molecule has 2 aliphatic rings. The fraction of sp³-hybridized carbons (Fsp3) is 0.360. The van der Waals surface area contributed by atoms with Crippen LogP contribution >= 0.6 is 0 Å². The average molecular weight is 434 g/mol. The number of imide groups is 1. The van der Waals surface area contributed by atoms with Crippen LogP contribution in [0.1, 0.15) is 55.5 Å². The Morgan fingerprint density at radius 2 is 1.41 bits per heavy atom. The van der Waals surface area contributed by atoms with Gasteiger partial charge in [0.05, 0.1) is 11.1 Å². The molecule has 32 heavy (non-hydrogen) atoms. The van der Waals surface area contributed by atoms with Gasteiger partial charge in [-0.3, -0.25) is 24.1 Å². The van der Waals surface area contributed by atoms with E-state index in [9.17, 15) is 19.2 Å². The molecule has 0 saturated carbocycles. The number of amides is 4. The highest BCUT2D eigenvalue weighted by Crippen LogP contribution is 2.25. The van der Waals surface area contributed by atoms with Crippen molar-refractivity contribution in [3.05, 3.63) is 70.3 Å². The van der Waals surface area contributed by atoms with Crippen LogP contribution in [-0.4, -0.2) is 70.5 Å². The Morgan fingerprint density at radius 1 is 0.812 bits per heavy atom. The third-order valence-electron chi connectivity index (χ3n) is 6.42. The van der Waals surface area contributed by atoms with E-state index < -0.39 is 17.9 Å². The normalized spacial score (nSPS) is 17.3. The van der Waals surface area contributed by atoms with E-state index in [2.05, 4.69) is 0 Å². The Balaban J connectivity index is 1.44. The summed E-state index contributed by atoms with van der Waals surface area (Å²) >= 11 is 0. The van der Waals surface area contributed by atoms with E-state index in [1.54, 1.807) is 41.0 Å². The van der Waals surface area contributed by atoms with Gasteiger partial charge < -0.3 is 9.80 Å². The molecule has 0 radical (unpaired) electrons. The molecule has 1 saturated heterocycles. The van der Waals surface area contributed by atoms with Crippen molar-refractivity contribution in [2.45, 2.75) is 33.2 Å². The Kier molecular flexibility index (Phi) is 5.82. The summed E-state index contributed by atoms with van der Waals surface area (Å²) in [6.07, 6.45) is 0.636. The first-order valence-electron chi connectivity index (χ1n) is 10.9. The Labute approximate surface area is 187 Å². The summed E-state index contributed by atoms with van der Waals surface area (Å²) < 4.78 is 0. The van der Waals surface area contributed by atoms with Crippen molar-refractivity contribution in [1.29, 1.82) is 0 Å². The van der Waals surface area contributed by atoms with Crippen LogP contribution in [0.4, 0.5) is 0 Å². The lowest BCUT2D eigenvalue weighted by atomic mass is 10.1. The lowest BCUT2D eigenvalue weighted by Crippen LogP contribution is -2.50. The number of hydrogen-bond acceptors (Lipinski definition) is 4. The summed E-state index contributed by atoms with van der Waals surface area (Å²) in [5.41, 5.74) is 3.51. The van der Waals surface area contributed by atoms with Crippen LogP contribution in [0.2, 0.25) is 0 Å². The van der Waals surface area contributed by atoms with Gasteiger partial charge in [-0.2, -0.15) is 0 Å². The van der Waals surface area contributed by atoms with Crippen molar-refractivity contribution in [3.8, 4) is 0 Å². The molecule has 0 bridgehead atoms. The van der Waals surface area contributed by atoms with E-state index in [0.29, 0.717) is 49.3 Å². The number of rotatable bonds is 3. The quantitative estimate of drug-likeness (QED) is 0.698. The summed E-state index contributed by atoms with van der Waals surface area (Å²) in [7, 11) is 0. The number of nitrogens with zero attached hydrogens (tertiary/aromatic N) is 3. The summed E-state index contributed by atoms with van der Waals surface area (Å²) in [6.45, 7) is 7.38. The Bertz CT molecular complexity index is 1080. The van der Waals surface area contributed by atoms with Gasteiger partial charge in [-0.05, 0) is 62.6 Å². The minimum absolute atomic E-state index is 0.0456. The first-order chi connectivity index (χ1) is 15.3. The van der Waals surface area contributed by atoms with Crippen molar-refractivity contribution in [1.82, 2.24) is 14.7 Å². The molecule has 1 fully saturated rings. The monoisotopic (exact) mass is 433 g/mol. The topological polar surface area (TPSA) is 78.0 Å². The van der Waals surface area contributed by atoms with E-state index in [1.807, 2.05) is 32.0 Å². The second kappa shape index (κ2) is 8.57. The summed E-state index contributed by atoms with van der Waals surface area (Å²) in [5, 5.41) is 0. The van der Waals surface area contributed by atoms with E-state index >= 15 is 0 Å². The van der Waals surface area contributed by atoms with Crippen LogP contribution < -0.4 is 0 Å². The zero-order valence-electron chi connectivity index (χ0n) is 18.6. The number of hydrogen-bond donors (Lipinski definition) is 0. The fourth-order valence-electron chi connectivity index (χ4n) is 4.33. The number of benzene rings is 2. The second-order valence-electron chi connectivity index (χ2n) is 8.47. The van der Waals surface area contributed by atoms with Gasteiger partial charge in [-0.25, -0.2) is 0 Å². The molecule has 4 amide bonds. The zero-order valence-corrected chi connectivity index (χ0v) is 18.6. The molecule has 0 N–H and O–H groups in total. The first kappa shape index (κ1) is 21.7. The van der Waals surface area contributed by atoms with Gasteiger partial charge in [0.1, 0.15) is 6.04 Å². The standard InChI is InChI=1S/C25H27N3O4/c1-16-9-10-19(15-17(16)2)23(30)27-12-6-11-26(13-14-27)22(29)18(3)28-24(31)20-7-4-5-8-21(20)25(28)32/h4-5,7-10,15,18H,6,11-14H2,1-3H3.